The van der Waals surface area contributed by atoms with Crippen LogP contribution < -0.4 is 14.4 Å². The van der Waals surface area contributed by atoms with E-state index < -0.39 is 5.92 Å². The molecule has 35 heavy (non-hydrogen) atoms. The second-order valence-electron chi connectivity index (χ2n) is 8.21. The summed E-state index contributed by atoms with van der Waals surface area (Å²) in [5.41, 5.74) is 3.56. The number of fused-ring (bicyclic) bond motifs is 2. The Morgan fingerprint density at radius 3 is 2.26 bits per heavy atom. The molecule has 0 atom stereocenters. The van der Waals surface area contributed by atoms with Gasteiger partial charge in [0, 0.05) is 24.5 Å². The zero-order valence-electron chi connectivity index (χ0n) is 18.7. The highest BCUT2D eigenvalue weighted by Crippen LogP contribution is 2.41. The van der Waals surface area contributed by atoms with Crippen molar-refractivity contribution in [2.24, 2.45) is 0 Å². The van der Waals surface area contributed by atoms with Gasteiger partial charge in [0.2, 0.25) is 12.7 Å². The maximum absolute atomic E-state index is 14.3. The first-order chi connectivity index (χ1) is 17.3. The topological polar surface area (TPSA) is 64.6 Å². The molecule has 6 rings (SSSR count). The first-order valence-corrected chi connectivity index (χ1v) is 12.1. The Kier molecular flexibility index (Phi) is 5.60. The molecule has 1 amide bonds. The van der Waals surface area contributed by atoms with Gasteiger partial charge < -0.3 is 9.47 Å². The molecule has 0 saturated carbocycles. The number of nitrogens with zero attached hydrogens (tertiary/aromatic N) is 3. The van der Waals surface area contributed by atoms with E-state index in [1.54, 1.807) is 17.3 Å². The van der Waals surface area contributed by atoms with E-state index in [0.29, 0.717) is 23.2 Å². The lowest BCUT2D eigenvalue weighted by Gasteiger charge is -2.26. The summed E-state index contributed by atoms with van der Waals surface area (Å²) in [5.74, 6) is 0.846. The molecule has 3 aromatic carbocycles. The van der Waals surface area contributed by atoms with E-state index >= 15 is 0 Å². The van der Waals surface area contributed by atoms with Crippen LogP contribution in [-0.2, 0) is 11.3 Å². The highest BCUT2D eigenvalue weighted by atomic mass is 32.1. The van der Waals surface area contributed by atoms with E-state index in [-0.39, 0.29) is 12.7 Å². The smallest absolute Gasteiger partial charge is 0.241 e. The van der Waals surface area contributed by atoms with Crippen LogP contribution in [0.3, 0.4) is 0 Å². The highest BCUT2D eigenvalue weighted by molar-refractivity contribution is 7.22. The molecule has 6 nitrogen and oxygen atoms in total. The molecule has 0 spiro atoms. The molecule has 2 aromatic heterocycles. The van der Waals surface area contributed by atoms with Crippen molar-refractivity contribution in [3.8, 4) is 11.5 Å². The van der Waals surface area contributed by atoms with Gasteiger partial charge in [-0.1, -0.05) is 78.1 Å². The maximum Gasteiger partial charge on any atom is 0.241 e. The molecule has 172 valence electrons. The second-order valence-corrected chi connectivity index (χ2v) is 9.22. The number of carbonyl (C=O) groups is 1. The average Bonchev–Trinajstić information content (AvgIpc) is 3.53. The van der Waals surface area contributed by atoms with Crippen LogP contribution in [0.2, 0.25) is 0 Å². The molecule has 0 saturated heterocycles. The van der Waals surface area contributed by atoms with Crippen molar-refractivity contribution in [1.29, 1.82) is 0 Å². The molecule has 1 aliphatic rings. The predicted octanol–water partition coefficient (Wildman–Crippen LogP) is 5.79. The minimum absolute atomic E-state index is 0.0506. The monoisotopic (exact) mass is 479 g/mol. The highest BCUT2D eigenvalue weighted by Gasteiger charge is 2.31. The van der Waals surface area contributed by atoms with Crippen LogP contribution in [0.15, 0.2) is 97.3 Å². The molecule has 1 aliphatic heterocycles. The third-order valence-corrected chi connectivity index (χ3v) is 6.99. The number of aromatic nitrogens is 2. The van der Waals surface area contributed by atoms with Crippen LogP contribution in [-0.4, -0.2) is 22.7 Å². The lowest BCUT2D eigenvalue weighted by molar-refractivity contribution is -0.119. The summed E-state index contributed by atoms with van der Waals surface area (Å²) in [5, 5.41) is 0.620. The molecule has 5 aromatic rings. The van der Waals surface area contributed by atoms with E-state index in [1.165, 1.54) is 11.3 Å². The number of benzene rings is 3. The summed E-state index contributed by atoms with van der Waals surface area (Å²) in [4.78, 5) is 25.2. The molecule has 0 unspecified atom stereocenters. The van der Waals surface area contributed by atoms with Crippen LogP contribution in [0.5, 0.6) is 11.5 Å². The fourth-order valence-electron chi connectivity index (χ4n) is 4.26. The Bertz CT molecular complexity index is 1390. The van der Waals surface area contributed by atoms with Gasteiger partial charge in [0.25, 0.3) is 0 Å². The van der Waals surface area contributed by atoms with Crippen LogP contribution in [0, 0.1) is 0 Å². The van der Waals surface area contributed by atoms with Gasteiger partial charge in [-0.25, -0.2) is 4.98 Å². The molecule has 0 bridgehead atoms. The van der Waals surface area contributed by atoms with Gasteiger partial charge in [-0.3, -0.25) is 14.7 Å². The molecule has 0 N–H and O–H groups in total. The van der Waals surface area contributed by atoms with Gasteiger partial charge in [0.1, 0.15) is 0 Å². The first kappa shape index (κ1) is 21.3. The second kappa shape index (κ2) is 9.19. The maximum atomic E-state index is 14.3. The lowest BCUT2D eigenvalue weighted by atomic mass is 9.90. The van der Waals surface area contributed by atoms with E-state index in [4.69, 9.17) is 14.5 Å². The van der Waals surface area contributed by atoms with Crippen LogP contribution in [0.4, 0.5) is 5.13 Å². The van der Waals surface area contributed by atoms with Crippen molar-refractivity contribution in [3.05, 3.63) is 114 Å². The van der Waals surface area contributed by atoms with Crippen molar-refractivity contribution < 1.29 is 14.3 Å². The third kappa shape index (κ3) is 4.22. The van der Waals surface area contributed by atoms with E-state index in [1.807, 2.05) is 84.9 Å². The molecule has 0 fully saturated rings. The van der Waals surface area contributed by atoms with Gasteiger partial charge in [-0.2, -0.15) is 0 Å². The number of rotatable bonds is 6. The van der Waals surface area contributed by atoms with Crippen molar-refractivity contribution in [1.82, 2.24) is 9.97 Å². The Hall–Kier alpha value is -4.23. The molecule has 3 heterocycles. The Morgan fingerprint density at radius 1 is 0.914 bits per heavy atom. The Morgan fingerprint density at radius 2 is 1.60 bits per heavy atom. The standard InChI is InChI=1S/C28H21N3O3S/c32-27(26(20-9-3-1-4-10-20)21-11-5-2-6-12-21)31(17-19-8-7-13-29-16-19)28-30-22-14-23-24(34-18-33-23)15-25(22)35-28/h1-16,26H,17-18H2. The number of hydrogen-bond donors (Lipinski definition) is 0. The molecule has 0 aliphatic carbocycles. The summed E-state index contributed by atoms with van der Waals surface area (Å²) < 4.78 is 12.0. The molecular weight excluding hydrogens is 458 g/mol. The van der Waals surface area contributed by atoms with Gasteiger partial charge in [0.15, 0.2) is 16.6 Å². The third-order valence-electron chi connectivity index (χ3n) is 5.94. The summed E-state index contributed by atoms with van der Waals surface area (Å²) in [7, 11) is 0. The number of thiazole rings is 1. The van der Waals surface area contributed by atoms with Crippen molar-refractivity contribution in [3.63, 3.8) is 0 Å². The summed E-state index contributed by atoms with van der Waals surface area (Å²) in [6.07, 6.45) is 3.51. The fraction of sp³-hybridized carbons (Fsp3) is 0.107. The van der Waals surface area contributed by atoms with E-state index in [2.05, 4.69) is 4.98 Å². The lowest BCUT2D eigenvalue weighted by Crippen LogP contribution is -2.35. The van der Waals surface area contributed by atoms with Crippen LogP contribution in [0.25, 0.3) is 10.2 Å². The van der Waals surface area contributed by atoms with Crippen molar-refractivity contribution in [2.45, 2.75) is 12.5 Å². The largest absolute Gasteiger partial charge is 0.454 e. The fourth-order valence-corrected chi connectivity index (χ4v) is 5.24. The first-order valence-electron chi connectivity index (χ1n) is 11.3. The average molecular weight is 480 g/mol. The normalized spacial score (nSPS) is 12.3. The molecule has 7 heteroatoms. The quantitative estimate of drug-likeness (QED) is 0.309. The zero-order chi connectivity index (χ0) is 23.6. The van der Waals surface area contributed by atoms with Crippen LogP contribution in [0.1, 0.15) is 22.6 Å². The number of pyridine rings is 1. The number of amides is 1. The Balaban J connectivity index is 1.46. The number of ether oxygens (including phenoxy) is 2. The van der Waals surface area contributed by atoms with E-state index in [9.17, 15) is 4.79 Å². The van der Waals surface area contributed by atoms with Crippen molar-refractivity contribution in [2.75, 3.05) is 11.7 Å². The molecule has 0 radical (unpaired) electrons. The van der Waals surface area contributed by atoms with Crippen LogP contribution >= 0.6 is 11.3 Å². The SMILES string of the molecule is O=C(C(c1ccccc1)c1ccccc1)N(Cc1cccnc1)c1nc2cc3c(cc2s1)OCO3. The van der Waals surface area contributed by atoms with Gasteiger partial charge in [-0.15, -0.1) is 0 Å². The van der Waals surface area contributed by atoms with Gasteiger partial charge in [-0.05, 0) is 22.8 Å². The summed E-state index contributed by atoms with van der Waals surface area (Å²) >= 11 is 1.46. The van der Waals surface area contributed by atoms with E-state index in [0.717, 1.165) is 26.9 Å². The zero-order valence-corrected chi connectivity index (χ0v) is 19.5. The summed E-state index contributed by atoms with van der Waals surface area (Å²) in [6, 6.07) is 27.4. The molecular formula is C28H21N3O3S. The van der Waals surface area contributed by atoms with Gasteiger partial charge >= 0.3 is 0 Å². The van der Waals surface area contributed by atoms with Crippen molar-refractivity contribution >= 4 is 32.6 Å². The van der Waals surface area contributed by atoms with Gasteiger partial charge in [0.05, 0.1) is 22.7 Å². The number of anilines is 1. The predicted molar refractivity (Wildman–Crippen MR) is 136 cm³/mol. The number of hydrogen-bond acceptors (Lipinski definition) is 6. The Labute approximate surface area is 206 Å². The minimum Gasteiger partial charge on any atom is -0.454 e. The minimum atomic E-state index is -0.474. The number of carbonyl (C=O) groups excluding carboxylic acids is 1. The summed E-state index contributed by atoms with van der Waals surface area (Å²) in [6.45, 7) is 0.566.